The molecule has 2 aliphatic rings. The van der Waals surface area contributed by atoms with Crippen LogP contribution in [0.4, 0.5) is 8.78 Å². The summed E-state index contributed by atoms with van der Waals surface area (Å²) in [6, 6.07) is 3.41. The van der Waals surface area contributed by atoms with Crippen LogP contribution in [0.5, 0.6) is 5.75 Å². The molecule has 0 aromatic heterocycles. The van der Waals surface area contributed by atoms with E-state index in [0.29, 0.717) is 12.2 Å². The second-order valence-electron chi connectivity index (χ2n) is 10.7. The van der Waals surface area contributed by atoms with Crippen molar-refractivity contribution in [2.75, 3.05) is 6.61 Å². The van der Waals surface area contributed by atoms with Gasteiger partial charge >= 0.3 is 0 Å². The van der Waals surface area contributed by atoms with Gasteiger partial charge in [-0.25, -0.2) is 4.39 Å². The first-order valence-corrected chi connectivity index (χ1v) is 13.7. The Morgan fingerprint density at radius 2 is 1.44 bits per heavy atom. The molecule has 0 bridgehead atoms. The molecule has 2 fully saturated rings. The maximum Gasteiger partial charge on any atom is 0.200 e. The molecule has 0 spiro atoms. The van der Waals surface area contributed by atoms with E-state index in [4.69, 9.17) is 4.74 Å². The predicted molar refractivity (Wildman–Crippen MR) is 130 cm³/mol. The standard InChI is InChI=1S/C29H46F2O/c1-4-6-8-9-22-10-12-23(13-11-22)21(3)24-14-16-25(17-15-24)26-18-19-27(29(31)28(26)30)32-20-7-5-2/h18-19,21-25H,4-17,20H2,1-3H3/t21?,22?,23?,24-,25-. The van der Waals surface area contributed by atoms with E-state index in [1.54, 1.807) is 12.1 Å². The fraction of sp³-hybridized carbons (Fsp3) is 0.793. The number of hydrogen-bond acceptors (Lipinski definition) is 1. The van der Waals surface area contributed by atoms with Crippen molar-refractivity contribution in [2.45, 2.75) is 117 Å². The summed E-state index contributed by atoms with van der Waals surface area (Å²) < 4.78 is 34.8. The lowest BCUT2D eigenvalue weighted by Crippen LogP contribution is -2.28. The molecule has 1 aromatic rings. The second-order valence-corrected chi connectivity index (χ2v) is 10.7. The minimum Gasteiger partial charge on any atom is -0.490 e. The minimum atomic E-state index is -0.801. The van der Waals surface area contributed by atoms with Gasteiger partial charge in [0.05, 0.1) is 6.61 Å². The number of unbranched alkanes of at least 4 members (excludes halogenated alkanes) is 3. The first kappa shape index (κ1) is 25.5. The van der Waals surface area contributed by atoms with Gasteiger partial charge in [-0.3, -0.25) is 0 Å². The lowest BCUT2D eigenvalue weighted by Gasteiger charge is -2.39. The van der Waals surface area contributed by atoms with Crippen LogP contribution in [-0.4, -0.2) is 6.61 Å². The van der Waals surface area contributed by atoms with Crippen molar-refractivity contribution in [2.24, 2.45) is 23.7 Å². The fourth-order valence-corrected chi connectivity index (χ4v) is 6.33. The molecule has 0 radical (unpaired) electrons. The van der Waals surface area contributed by atoms with Crippen molar-refractivity contribution in [3.63, 3.8) is 0 Å². The van der Waals surface area contributed by atoms with Gasteiger partial charge in [0.2, 0.25) is 5.82 Å². The van der Waals surface area contributed by atoms with Crippen LogP contribution in [0.15, 0.2) is 12.1 Å². The van der Waals surface area contributed by atoms with Crippen molar-refractivity contribution in [1.82, 2.24) is 0 Å². The lowest BCUT2D eigenvalue weighted by molar-refractivity contribution is 0.131. The maximum absolute atomic E-state index is 14.8. The van der Waals surface area contributed by atoms with Gasteiger partial charge in [0.25, 0.3) is 0 Å². The molecular weight excluding hydrogens is 402 g/mol. The summed E-state index contributed by atoms with van der Waals surface area (Å²) >= 11 is 0. The van der Waals surface area contributed by atoms with E-state index >= 15 is 0 Å². The number of benzene rings is 1. The number of hydrogen-bond donors (Lipinski definition) is 0. The number of rotatable bonds is 11. The highest BCUT2D eigenvalue weighted by Crippen LogP contribution is 2.45. The quantitative estimate of drug-likeness (QED) is 0.306. The summed E-state index contributed by atoms with van der Waals surface area (Å²) in [5.41, 5.74) is 0.559. The fourth-order valence-electron chi connectivity index (χ4n) is 6.33. The van der Waals surface area contributed by atoms with E-state index in [9.17, 15) is 8.78 Å². The Bertz CT molecular complexity index is 672. The lowest BCUT2D eigenvalue weighted by atomic mass is 9.66. The summed E-state index contributed by atoms with van der Waals surface area (Å²) in [5.74, 6) is 2.07. The van der Waals surface area contributed by atoms with Gasteiger partial charge in [-0.05, 0) is 86.2 Å². The predicted octanol–water partition coefficient (Wildman–Crippen LogP) is 9.44. The van der Waals surface area contributed by atoms with Crippen LogP contribution >= 0.6 is 0 Å². The molecule has 1 aromatic carbocycles. The average molecular weight is 449 g/mol. The first-order valence-electron chi connectivity index (χ1n) is 13.7. The highest BCUT2D eigenvalue weighted by Gasteiger charge is 2.33. The smallest absolute Gasteiger partial charge is 0.200 e. The van der Waals surface area contributed by atoms with Crippen molar-refractivity contribution in [1.29, 1.82) is 0 Å². The Balaban J connectivity index is 1.47. The molecule has 3 rings (SSSR count). The molecule has 0 saturated heterocycles. The van der Waals surface area contributed by atoms with Gasteiger partial charge in [0.15, 0.2) is 11.6 Å². The molecule has 2 aliphatic carbocycles. The van der Waals surface area contributed by atoms with Crippen molar-refractivity contribution >= 4 is 0 Å². The molecule has 0 heterocycles. The Kier molecular flexibility index (Phi) is 10.3. The molecule has 1 atom stereocenters. The van der Waals surface area contributed by atoms with Crippen LogP contribution in [0.25, 0.3) is 0 Å². The molecule has 32 heavy (non-hydrogen) atoms. The number of halogens is 2. The molecule has 3 heteroatoms. The van der Waals surface area contributed by atoms with Crippen molar-refractivity contribution in [3.8, 4) is 5.75 Å². The molecule has 1 unspecified atom stereocenters. The number of ether oxygens (including phenoxy) is 1. The van der Waals surface area contributed by atoms with Gasteiger partial charge in [-0.15, -0.1) is 0 Å². The third kappa shape index (κ3) is 6.70. The van der Waals surface area contributed by atoms with E-state index in [-0.39, 0.29) is 11.7 Å². The summed E-state index contributed by atoms with van der Waals surface area (Å²) in [4.78, 5) is 0. The monoisotopic (exact) mass is 448 g/mol. The molecule has 0 amide bonds. The normalized spacial score (nSPS) is 27.3. The highest BCUT2D eigenvalue weighted by atomic mass is 19.2. The summed E-state index contributed by atoms with van der Waals surface area (Å²) in [6.45, 7) is 7.25. The van der Waals surface area contributed by atoms with Gasteiger partial charge in [0.1, 0.15) is 0 Å². The zero-order chi connectivity index (χ0) is 22.9. The van der Waals surface area contributed by atoms with Crippen LogP contribution in [0.2, 0.25) is 0 Å². The first-order chi connectivity index (χ1) is 15.5. The summed E-state index contributed by atoms with van der Waals surface area (Å²) in [7, 11) is 0. The van der Waals surface area contributed by atoms with Crippen LogP contribution in [-0.2, 0) is 0 Å². The molecule has 0 N–H and O–H groups in total. The molecule has 182 valence electrons. The largest absolute Gasteiger partial charge is 0.490 e. The summed E-state index contributed by atoms with van der Waals surface area (Å²) in [5, 5.41) is 0. The van der Waals surface area contributed by atoms with Crippen LogP contribution in [0.3, 0.4) is 0 Å². The highest BCUT2D eigenvalue weighted by molar-refractivity contribution is 5.33. The Hall–Kier alpha value is -1.12. The van der Waals surface area contributed by atoms with Crippen LogP contribution < -0.4 is 4.74 Å². The molecule has 1 nitrogen and oxygen atoms in total. The minimum absolute atomic E-state index is 0.0623. The van der Waals surface area contributed by atoms with Crippen LogP contribution in [0, 0.1) is 35.3 Å². The zero-order valence-electron chi connectivity index (χ0n) is 20.8. The van der Waals surface area contributed by atoms with E-state index in [2.05, 4.69) is 20.8 Å². The third-order valence-electron chi connectivity index (χ3n) is 8.64. The van der Waals surface area contributed by atoms with E-state index in [0.717, 1.165) is 62.2 Å². The van der Waals surface area contributed by atoms with E-state index in [1.807, 2.05) is 0 Å². The third-order valence-corrected chi connectivity index (χ3v) is 8.64. The molecule has 0 aliphatic heterocycles. The molecule has 2 saturated carbocycles. The van der Waals surface area contributed by atoms with Gasteiger partial charge in [-0.2, -0.15) is 4.39 Å². The van der Waals surface area contributed by atoms with Gasteiger partial charge in [0, 0.05) is 0 Å². The van der Waals surface area contributed by atoms with Crippen molar-refractivity contribution in [3.05, 3.63) is 29.3 Å². The Morgan fingerprint density at radius 3 is 2.06 bits per heavy atom. The van der Waals surface area contributed by atoms with Crippen molar-refractivity contribution < 1.29 is 13.5 Å². The topological polar surface area (TPSA) is 9.23 Å². The average Bonchev–Trinajstić information content (AvgIpc) is 2.82. The van der Waals surface area contributed by atoms with E-state index < -0.39 is 11.6 Å². The zero-order valence-corrected chi connectivity index (χ0v) is 20.8. The Morgan fingerprint density at radius 1 is 0.812 bits per heavy atom. The summed E-state index contributed by atoms with van der Waals surface area (Å²) in [6.07, 6.45) is 17.3. The molecular formula is C29H46F2O. The maximum atomic E-state index is 14.8. The van der Waals surface area contributed by atoms with Crippen LogP contribution in [0.1, 0.15) is 122 Å². The van der Waals surface area contributed by atoms with Gasteiger partial charge in [-0.1, -0.05) is 71.8 Å². The SMILES string of the molecule is CCCCCC1CCC(C(C)[C@H]2CC[C@H](c3ccc(OCCCC)c(F)c3F)CC2)CC1. The van der Waals surface area contributed by atoms with Gasteiger partial charge < -0.3 is 4.74 Å². The van der Waals surface area contributed by atoms with E-state index in [1.165, 1.54) is 51.4 Å². The Labute approximate surface area is 195 Å². The second kappa shape index (κ2) is 12.9.